The van der Waals surface area contributed by atoms with Crippen molar-refractivity contribution >= 4 is 23.6 Å². The summed E-state index contributed by atoms with van der Waals surface area (Å²) < 4.78 is 5.29. The molecule has 7 nitrogen and oxygen atoms in total. The Hall–Kier alpha value is -2.57. The van der Waals surface area contributed by atoms with Crippen molar-refractivity contribution in [3.8, 4) is 0 Å². The average molecular weight is 404 g/mol. The third kappa shape index (κ3) is 5.95. The lowest BCUT2D eigenvalue weighted by molar-refractivity contribution is -0.127. The Morgan fingerprint density at radius 2 is 1.90 bits per heavy atom. The highest BCUT2D eigenvalue weighted by Gasteiger charge is 2.40. The number of nitrogens with one attached hydrogen (secondary N) is 2. The molecule has 1 aromatic rings. The minimum absolute atomic E-state index is 0.171. The maximum absolute atomic E-state index is 13.4. The molecule has 2 rings (SSSR count). The molecule has 0 saturated heterocycles. The van der Waals surface area contributed by atoms with Crippen LogP contribution >= 0.6 is 0 Å². The van der Waals surface area contributed by atoms with Crippen LogP contribution in [0.1, 0.15) is 59.4 Å². The predicted molar refractivity (Wildman–Crippen MR) is 113 cm³/mol. The van der Waals surface area contributed by atoms with Gasteiger partial charge in [0.2, 0.25) is 11.8 Å². The SMILES string of the molecule is CCCCNC(=O)[C@@H]1Cc2ccccc2N1C(=O)[C@H](CC)NC(=O)OC(C)(C)C. The first-order chi connectivity index (χ1) is 13.7. The number of hydrogen-bond donors (Lipinski definition) is 2. The number of alkyl carbamates (subject to hydrolysis) is 1. The summed E-state index contributed by atoms with van der Waals surface area (Å²) in [6.07, 6.45) is 2.07. The highest BCUT2D eigenvalue weighted by molar-refractivity contribution is 6.06. The summed E-state index contributed by atoms with van der Waals surface area (Å²) >= 11 is 0. The van der Waals surface area contributed by atoms with Crippen molar-refractivity contribution in [3.05, 3.63) is 29.8 Å². The van der Waals surface area contributed by atoms with E-state index in [1.54, 1.807) is 20.8 Å². The summed E-state index contributed by atoms with van der Waals surface area (Å²) in [5.41, 5.74) is 1.01. The molecule has 0 aliphatic carbocycles. The van der Waals surface area contributed by atoms with E-state index < -0.39 is 23.8 Å². The molecule has 2 N–H and O–H groups in total. The van der Waals surface area contributed by atoms with Gasteiger partial charge in [-0.2, -0.15) is 0 Å². The second-order valence-corrected chi connectivity index (χ2v) is 8.31. The van der Waals surface area contributed by atoms with Gasteiger partial charge in [-0.05, 0) is 45.2 Å². The molecule has 3 amide bonds. The summed E-state index contributed by atoms with van der Waals surface area (Å²) in [5, 5.41) is 5.59. The molecule has 29 heavy (non-hydrogen) atoms. The van der Waals surface area contributed by atoms with Crippen LogP contribution in [0.15, 0.2) is 24.3 Å². The summed E-state index contributed by atoms with van der Waals surface area (Å²) in [4.78, 5) is 39.9. The van der Waals surface area contributed by atoms with Gasteiger partial charge < -0.3 is 15.4 Å². The lowest BCUT2D eigenvalue weighted by Crippen LogP contribution is -2.55. The van der Waals surface area contributed by atoms with Crippen LogP contribution in [0.2, 0.25) is 0 Å². The number of nitrogens with zero attached hydrogens (tertiary/aromatic N) is 1. The van der Waals surface area contributed by atoms with Gasteiger partial charge in [0, 0.05) is 18.7 Å². The van der Waals surface area contributed by atoms with Gasteiger partial charge in [0.05, 0.1) is 0 Å². The smallest absolute Gasteiger partial charge is 0.408 e. The molecule has 1 aromatic carbocycles. The quantitative estimate of drug-likeness (QED) is 0.685. The van der Waals surface area contributed by atoms with Crippen molar-refractivity contribution in [1.82, 2.24) is 10.6 Å². The molecule has 0 saturated carbocycles. The topological polar surface area (TPSA) is 87.7 Å². The number of anilines is 1. The van der Waals surface area contributed by atoms with E-state index in [0.29, 0.717) is 19.4 Å². The van der Waals surface area contributed by atoms with Crippen molar-refractivity contribution in [2.75, 3.05) is 11.4 Å². The highest BCUT2D eigenvalue weighted by Crippen LogP contribution is 2.33. The number of para-hydroxylation sites is 1. The van der Waals surface area contributed by atoms with Gasteiger partial charge in [0.15, 0.2) is 0 Å². The first-order valence-electron chi connectivity index (χ1n) is 10.4. The molecule has 160 valence electrons. The first kappa shape index (κ1) is 22.7. The zero-order valence-corrected chi connectivity index (χ0v) is 18.1. The van der Waals surface area contributed by atoms with Gasteiger partial charge in [-0.15, -0.1) is 0 Å². The van der Waals surface area contributed by atoms with E-state index in [2.05, 4.69) is 17.6 Å². The second kappa shape index (κ2) is 9.76. The molecule has 2 atom stereocenters. The Morgan fingerprint density at radius 3 is 2.52 bits per heavy atom. The normalized spacial score (nSPS) is 16.7. The van der Waals surface area contributed by atoms with E-state index in [1.165, 1.54) is 4.90 Å². The summed E-state index contributed by atoms with van der Waals surface area (Å²) in [6.45, 7) is 9.76. The number of rotatable bonds is 7. The van der Waals surface area contributed by atoms with Gasteiger partial charge in [0.25, 0.3) is 0 Å². The van der Waals surface area contributed by atoms with E-state index in [4.69, 9.17) is 4.74 Å². The van der Waals surface area contributed by atoms with Gasteiger partial charge in [-0.25, -0.2) is 4.79 Å². The van der Waals surface area contributed by atoms with Gasteiger partial charge >= 0.3 is 6.09 Å². The molecular formula is C22H33N3O4. The number of carbonyl (C=O) groups excluding carboxylic acids is 3. The summed E-state index contributed by atoms with van der Waals surface area (Å²) in [7, 11) is 0. The van der Waals surface area contributed by atoms with Crippen LogP contribution in [0.3, 0.4) is 0 Å². The van der Waals surface area contributed by atoms with Crippen LogP contribution in [0.4, 0.5) is 10.5 Å². The number of hydrogen-bond acceptors (Lipinski definition) is 4. The van der Waals surface area contributed by atoms with Gasteiger partial charge in [-0.3, -0.25) is 14.5 Å². The minimum atomic E-state index is -0.776. The van der Waals surface area contributed by atoms with E-state index in [0.717, 1.165) is 24.1 Å². The van der Waals surface area contributed by atoms with Crippen molar-refractivity contribution < 1.29 is 19.1 Å². The molecule has 0 spiro atoms. The molecule has 0 aromatic heterocycles. The number of fused-ring (bicyclic) bond motifs is 1. The third-order valence-corrected chi connectivity index (χ3v) is 4.74. The Balaban J connectivity index is 2.21. The van der Waals surface area contributed by atoms with Crippen molar-refractivity contribution in [2.45, 2.75) is 78.0 Å². The standard InChI is InChI=1S/C22H33N3O4/c1-6-8-13-23-19(26)18-14-15-11-9-10-12-17(15)25(18)20(27)16(7-2)24-21(28)29-22(3,4)5/h9-12,16,18H,6-8,13-14H2,1-5H3,(H,23,26)(H,24,28)/t16-,18-/m0/s1. The summed E-state index contributed by atoms with van der Waals surface area (Å²) in [6, 6.07) is 6.12. The zero-order valence-electron chi connectivity index (χ0n) is 18.1. The monoisotopic (exact) mass is 403 g/mol. The lowest BCUT2D eigenvalue weighted by atomic mass is 10.1. The molecule has 1 aliphatic heterocycles. The van der Waals surface area contributed by atoms with Crippen LogP contribution in [-0.2, 0) is 20.7 Å². The lowest BCUT2D eigenvalue weighted by Gasteiger charge is -2.29. The Bertz CT molecular complexity index is 742. The predicted octanol–water partition coefficient (Wildman–Crippen LogP) is 3.16. The average Bonchev–Trinajstić information content (AvgIpc) is 3.04. The maximum Gasteiger partial charge on any atom is 0.408 e. The molecule has 0 unspecified atom stereocenters. The fraction of sp³-hybridized carbons (Fsp3) is 0.591. The van der Waals surface area contributed by atoms with Gasteiger partial charge in [-0.1, -0.05) is 38.5 Å². The van der Waals surface area contributed by atoms with Crippen molar-refractivity contribution in [3.63, 3.8) is 0 Å². The van der Waals surface area contributed by atoms with Gasteiger partial charge in [0.1, 0.15) is 17.7 Å². The molecule has 1 aliphatic rings. The number of ether oxygens (including phenoxy) is 1. The van der Waals surface area contributed by atoms with E-state index in [9.17, 15) is 14.4 Å². The van der Waals surface area contributed by atoms with E-state index >= 15 is 0 Å². The number of unbranched alkanes of at least 4 members (excludes halogenated alkanes) is 1. The van der Waals surface area contributed by atoms with E-state index in [1.807, 2.05) is 31.2 Å². The third-order valence-electron chi connectivity index (χ3n) is 4.74. The van der Waals surface area contributed by atoms with Crippen LogP contribution in [0, 0.1) is 0 Å². The molecule has 0 bridgehead atoms. The minimum Gasteiger partial charge on any atom is -0.444 e. The zero-order chi connectivity index (χ0) is 21.6. The fourth-order valence-electron chi connectivity index (χ4n) is 3.33. The Kier molecular flexibility index (Phi) is 7.65. The number of carbonyl (C=O) groups is 3. The van der Waals surface area contributed by atoms with Crippen LogP contribution in [0.5, 0.6) is 0 Å². The molecular weight excluding hydrogens is 370 g/mol. The Labute approximate surface area is 173 Å². The van der Waals surface area contributed by atoms with Crippen molar-refractivity contribution in [2.24, 2.45) is 0 Å². The van der Waals surface area contributed by atoms with Crippen LogP contribution in [0.25, 0.3) is 0 Å². The van der Waals surface area contributed by atoms with Crippen molar-refractivity contribution in [1.29, 1.82) is 0 Å². The number of benzene rings is 1. The summed E-state index contributed by atoms with van der Waals surface area (Å²) in [5.74, 6) is -0.478. The molecule has 1 heterocycles. The molecule has 0 fully saturated rings. The molecule has 7 heteroatoms. The maximum atomic E-state index is 13.4. The Morgan fingerprint density at radius 1 is 1.21 bits per heavy atom. The number of amides is 3. The van der Waals surface area contributed by atoms with E-state index in [-0.39, 0.29) is 11.8 Å². The largest absolute Gasteiger partial charge is 0.444 e. The molecule has 0 radical (unpaired) electrons. The highest BCUT2D eigenvalue weighted by atomic mass is 16.6. The van der Waals surface area contributed by atoms with Crippen LogP contribution < -0.4 is 15.5 Å². The second-order valence-electron chi connectivity index (χ2n) is 8.31. The first-order valence-corrected chi connectivity index (χ1v) is 10.4. The fourth-order valence-corrected chi connectivity index (χ4v) is 3.33. The van der Waals surface area contributed by atoms with Crippen LogP contribution in [-0.4, -0.2) is 42.1 Å².